The maximum Gasteiger partial charge on any atom is 0.259 e. The first-order valence-corrected chi connectivity index (χ1v) is 10.2. The van der Waals surface area contributed by atoms with E-state index in [1.807, 2.05) is 18.2 Å². The summed E-state index contributed by atoms with van der Waals surface area (Å²) < 4.78 is 11.2. The van der Waals surface area contributed by atoms with Crippen LogP contribution in [0.5, 0.6) is 17.2 Å². The van der Waals surface area contributed by atoms with Gasteiger partial charge in [-0.3, -0.25) is 4.79 Å². The van der Waals surface area contributed by atoms with Gasteiger partial charge in [0.1, 0.15) is 35.5 Å². The molecule has 3 aromatic carbocycles. The third-order valence-electron chi connectivity index (χ3n) is 4.63. The molecule has 3 rings (SSSR count). The second-order valence-electron chi connectivity index (χ2n) is 7.33. The van der Waals surface area contributed by atoms with Crippen LogP contribution in [0.15, 0.2) is 60.7 Å². The van der Waals surface area contributed by atoms with E-state index in [1.54, 1.807) is 48.5 Å². The van der Waals surface area contributed by atoms with Crippen molar-refractivity contribution < 1.29 is 19.4 Å². The number of nitriles is 3. The molecule has 0 saturated carbocycles. The number of hydrogen-bond acceptors (Lipinski definition) is 7. The first-order chi connectivity index (χ1) is 16.2. The van der Waals surface area contributed by atoms with Crippen LogP contribution in [-0.4, -0.2) is 23.2 Å². The SMILES string of the molecule is CC(O)(COc1ccc(C#N)cc1)C(=O)Nc1cc(Cl)c(C#N)c(Oc2ccc(C#N)cc2)c1. The van der Waals surface area contributed by atoms with Gasteiger partial charge in [0.2, 0.25) is 0 Å². The fourth-order valence-corrected chi connectivity index (χ4v) is 3.00. The molecule has 0 fully saturated rings. The average molecular weight is 473 g/mol. The molecule has 0 heterocycles. The van der Waals surface area contributed by atoms with Gasteiger partial charge in [0, 0.05) is 11.8 Å². The largest absolute Gasteiger partial charge is 0.490 e. The van der Waals surface area contributed by atoms with Crippen molar-refractivity contribution in [3.05, 3.63) is 82.4 Å². The van der Waals surface area contributed by atoms with Crippen LogP contribution >= 0.6 is 11.6 Å². The van der Waals surface area contributed by atoms with E-state index in [4.69, 9.17) is 31.6 Å². The molecule has 2 N–H and O–H groups in total. The fraction of sp³-hybridized carbons (Fsp3) is 0.120. The molecule has 0 spiro atoms. The third-order valence-corrected chi connectivity index (χ3v) is 4.93. The van der Waals surface area contributed by atoms with E-state index in [9.17, 15) is 15.2 Å². The number of nitrogens with one attached hydrogen (secondary N) is 1. The van der Waals surface area contributed by atoms with E-state index in [0.717, 1.165) is 0 Å². The Morgan fingerprint density at radius 2 is 1.53 bits per heavy atom. The molecule has 0 aliphatic heterocycles. The van der Waals surface area contributed by atoms with E-state index >= 15 is 0 Å². The summed E-state index contributed by atoms with van der Waals surface area (Å²) in [5, 5.41) is 40.4. The highest BCUT2D eigenvalue weighted by atomic mass is 35.5. The number of aliphatic hydroxyl groups is 1. The molecule has 0 aliphatic rings. The van der Waals surface area contributed by atoms with Gasteiger partial charge in [0.05, 0.1) is 28.3 Å². The van der Waals surface area contributed by atoms with Crippen molar-refractivity contribution in [2.75, 3.05) is 11.9 Å². The zero-order valence-electron chi connectivity index (χ0n) is 17.9. The maximum absolute atomic E-state index is 12.7. The lowest BCUT2D eigenvalue weighted by Gasteiger charge is -2.23. The highest BCUT2D eigenvalue weighted by Crippen LogP contribution is 2.34. The summed E-state index contributed by atoms with van der Waals surface area (Å²) in [6.07, 6.45) is 0. The van der Waals surface area contributed by atoms with Crippen LogP contribution < -0.4 is 14.8 Å². The van der Waals surface area contributed by atoms with Crippen LogP contribution in [0.4, 0.5) is 5.69 Å². The van der Waals surface area contributed by atoms with Crippen molar-refractivity contribution in [3.63, 3.8) is 0 Å². The molecule has 1 atom stereocenters. The van der Waals surface area contributed by atoms with E-state index in [-0.39, 0.29) is 28.6 Å². The third kappa shape index (κ3) is 5.82. The Labute approximate surface area is 200 Å². The summed E-state index contributed by atoms with van der Waals surface area (Å²) in [5.74, 6) is 0.0548. The molecule has 9 heteroatoms. The zero-order valence-corrected chi connectivity index (χ0v) is 18.6. The molecule has 34 heavy (non-hydrogen) atoms. The molecule has 168 valence electrons. The lowest BCUT2D eigenvalue weighted by atomic mass is 10.1. The van der Waals surface area contributed by atoms with Crippen molar-refractivity contribution in [2.24, 2.45) is 0 Å². The van der Waals surface area contributed by atoms with E-state index < -0.39 is 11.5 Å². The van der Waals surface area contributed by atoms with Crippen molar-refractivity contribution in [3.8, 4) is 35.5 Å². The normalized spacial score (nSPS) is 11.8. The van der Waals surface area contributed by atoms with Crippen molar-refractivity contribution in [1.29, 1.82) is 15.8 Å². The number of carbonyl (C=O) groups is 1. The molecule has 1 amide bonds. The van der Waals surface area contributed by atoms with E-state index in [2.05, 4.69) is 5.32 Å². The molecular weight excluding hydrogens is 456 g/mol. The molecule has 0 radical (unpaired) electrons. The number of ether oxygens (including phenoxy) is 2. The number of nitrogens with zero attached hydrogens (tertiary/aromatic N) is 3. The predicted molar refractivity (Wildman–Crippen MR) is 123 cm³/mol. The van der Waals surface area contributed by atoms with Gasteiger partial charge in [-0.1, -0.05) is 11.6 Å². The van der Waals surface area contributed by atoms with Crippen molar-refractivity contribution in [1.82, 2.24) is 0 Å². The molecule has 0 aliphatic carbocycles. The van der Waals surface area contributed by atoms with Crippen molar-refractivity contribution >= 4 is 23.2 Å². The minimum Gasteiger partial charge on any atom is -0.490 e. The molecule has 0 bridgehead atoms. The zero-order chi connectivity index (χ0) is 24.7. The number of rotatable bonds is 7. The van der Waals surface area contributed by atoms with E-state index in [0.29, 0.717) is 22.6 Å². The maximum atomic E-state index is 12.7. The molecule has 8 nitrogen and oxygen atoms in total. The molecule has 0 aromatic heterocycles. The number of carbonyl (C=O) groups excluding carboxylic acids is 1. The highest BCUT2D eigenvalue weighted by Gasteiger charge is 2.32. The van der Waals surface area contributed by atoms with Gasteiger partial charge < -0.3 is 19.9 Å². The quantitative estimate of drug-likeness (QED) is 0.515. The highest BCUT2D eigenvalue weighted by molar-refractivity contribution is 6.32. The Kier molecular flexibility index (Phi) is 7.36. The molecule has 1 unspecified atom stereocenters. The Morgan fingerprint density at radius 1 is 0.971 bits per heavy atom. The van der Waals surface area contributed by atoms with E-state index in [1.165, 1.54) is 19.1 Å². The van der Waals surface area contributed by atoms with Gasteiger partial charge in [-0.25, -0.2) is 0 Å². The van der Waals surface area contributed by atoms with Crippen LogP contribution in [0.1, 0.15) is 23.6 Å². The minimum absolute atomic E-state index is 0.0393. The Balaban J connectivity index is 1.75. The van der Waals surface area contributed by atoms with Gasteiger partial charge in [0.15, 0.2) is 5.60 Å². The van der Waals surface area contributed by atoms with Crippen molar-refractivity contribution in [2.45, 2.75) is 12.5 Å². The van der Waals surface area contributed by atoms with Gasteiger partial charge in [-0.05, 0) is 61.5 Å². The monoisotopic (exact) mass is 472 g/mol. The molecular formula is C25H17ClN4O4. The summed E-state index contributed by atoms with van der Waals surface area (Å²) >= 11 is 6.21. The van der Waals surface area contributed by atoms with Crippen LogP contribution in [0, 0.1) is 34.0 Å². The minimum atomic E-state index is -1.91. The topological polar surface area (TPSA) is 139 Å². The molecule has 3 aromatic rings. The number of amides is 1. The van der Waals surface area contributed by atoms with Gasteiger partial charge in [-0.2, -0.15) is 15.8 Å². The van der Waals surface area contributed by atoms with Crippen LogP contribution in [0.25, 0.3) is 0 Å². The standard InChI is InChI=1S/C25H17ClN4O4/c1-25(32,15-33-19-6-2-16(12-27)3-7-19)24(31)30-18-10-22(26)21(14-29)23(11-18)34-20-8-4-17(13-28)5-9-20/h2-11,32H,15H2,1H3,(H,30,31). The van der Waals surface area contributed by atoms with Crippen LogP contribution in [0.2, 0.25) is 5.02 Å². The Hall–Kier alpha value is -4.55. The fourth-order valence-electron chi connectivity index (χ4n) is 2.75. The lowest BCUT2D eigenvalue weighted by Crippen LogP contribution is -2.45. The Morgan fingerprint density at radius 3 is 2.06 bits per heavy atom. The predicted octanol–water partition coefficient (Wildman–Crippen LogP) is 4.52. The second kappa shape index (κ2) is 10.4. The summed E-state index contributed by atoms with van der Waals surface area (Å²) in [6.45, 7) is 0.925. The van der Waals surface area contributed by atoms with Crippen LogP contribution in [-0.2, 0) is 4.79 Å². The number of halogens is 1. The summed E-state index contributed by atoms with van der Waals surface area (Å²) in [6, 6.07) is 21.1. The first kappa shape index (κ1) is 24.1. The summed E-state index contributed by atoms with van der Waals surface area (Å²) in [7, 11) is 0. The van der Waals surface area contributed by atoms with Gasteiger partial charge in [0.25, 0.3) is 5.91 Å². The summed E-state index contributed by atoms with van der Waals surface area (Å²) in [4.78, 5) is 12.7. The second-order valence-corrected chi connectivity index (χ2v) is 7.74. The summed E-state index contributed by atoms with van der Waals surface area (Å²) in [5.41, 5.74) is -0.773. The number of benzene rings is 3. The average Bonchev–Trinajstić information content (AvgIpc) is 2.83. The van der Waals surface area contributed by atoms with Gasteiger partial charge >= 0.3 is 0 Å². The Bertz CT molecular complexity index is 1330. The first-order valence-electron chi connectivity index (χ1n) is 9.84. The molecule has 0 saturated heterocycles. The van der Waals surface area contributed by atoms with Crippen LogP contribution in [0.3, 0.4) is 0 Å². The number of anilines is 1. The smallest absolute Gasteiger partial charge is 0.259 e. The number of hydrogen-bond donors (Lipinski definition) is 2. The van der Waals surface area contributed by atoms with Gasteiger partial charge in [-0.15, -0.1) is 0 Å². The lowest BCUT2D eigenvalue weighted by molar-refractivity contribution is -0.135.